The summed E-state index contributed by atoms with van der Waals surface area (Å²) >= 11 is 0. The molecule has 1 aromatic rings. The van der Waals surface area contributed by atoms with Gasteiger partial charge in [-0.15, -0.1) is 0 Å². The maximum absolute atomic E-state index is 13.8. The molecule has 4 nitrogen and oxygen atoms in total. The maximum atomic E-state index is 13.8. The van der Waals surface area contributed by atoms with Gasteiger partial charge in [-0.05, 0) is 13.0 Å². The molecule has 1 aliphatic heterocycles. The zero-order valence-corrected chi connectivity index (χ0v) is 12.0. The topological polar surface area (TPSA) is 55.8 Å². The van der Waals surface area contributed by atoms with Crippen molar-refractivity contribution >= 4 is 5.97 Å². The number of aromatic hydroxyl groups is 1. The summed E-state index contributed by atoms with van der Waals surface area (Å²) in [5.41, 5.74) is -2.77. The van der Waals surface area contributed by atoms with E-state index >= 15 is 0 Å². The average molecular weight is 322 g/mol. The predicted molar refractivity (Wildman–Crippen MR) is 67.1 cm³/mol. The molecule has 3 atom stereocenters. The number of halogens is 4. The van der Waals surface area contributed by atoms with Crippen LogP contribution >= 0.6 is 0 Å². The lowest BCUT2D eigenvalue weighted by molar-refractivity contribution is -0.262. The summed E-state index contributed by atoms with van der Waals surface area (Å²) in [7, 11) is 1.09. The van der Waals surface area contributed by atoms with Gasteiger partial charge in [0.05, 0.1) is 13.0 Å². The maximum Gasteiger partial charge on any atom is 0.428 e. The molecule has 8 heteroatoms. The predicted octanol–water partition coefficient (Wildman–Crippen LogP) is 3.14. The number of hydrogen-bond donors (Lipinski definition) is 1. The Bertz CT molecular complexity index is 614. The molecule has 1 heterocycles. The fourth-order valence-corrected chi connectivity index (χ4v) is 2.61. The SMILES string of the molecule is COc1c([C@H]2C(=O)O[C@@](C)(C(F)(F)F)[C@H]2C)ccc(O)c1F. The van der Waals surface area contributed by atoms with Crippen LogP contribution < -0.4 is 4.74 Å². The smallest absolute Gasteiger partial charge is 0.428 e. The van der Waals surface area contributed by atoms with Gasteiger partial charge >= 0.3 is 12.1 Å². The number of hydrogen-bond acceptors (Lipinski definition) is 4. The molecule has 0 unspecified atom stereocenters. The van der Waals surface area contributed by atoms with E-state index in [9.17, 15) is 27.5 Å². The van der Waals surface area contributed by atoms with Gasteiger partial charge in [0.25, 0.3) is 0 Å². The van der Waals surface area contributed by atoms with Crippen molar-refractivity contribution in [3.8, 4) is 11.5 Å². The largest absolute Gasteiger partial charge is 0.505 e. The molecule has 2 rings (SSSR count). The first-order chi connectivity index (χ1) is 10.0. The number of alkyl halides is 3. The standard InChI is InChI=1S/C14H14F4O4/c1-6-9(12(20)22-13(6,2)14(16,17)18)7-4-5-8(19)10(15)11(7)21-3/h4-6,9,19H,1-3H3/t6-,9-,13+/m0/s1. The van der Waals surface area contributed by atoms with E-state index in [1.165, 1.54) is 6.92 Å². The van der Waals surface area contributed by atoms with Crippen molar-refractivity contribution in [3.63, 3.8) is 0 Å². The summed E-state index contributed by atoms with van der Waals surface area (Å²) < 4.78 is 62.7. The molecule has 0 aromatic heterocycles. The van der Waals surface area contributed by atoms with Crippen LogP contribution in [-0.4, -0.2) is 30.0 Å². The second kappa shape index (κ2) is 5.03. The second-order valence-corrected chi connectivity index (χ2v) is 5.31. The molecule has 0 amide bonds. The fraction of sp³-hybridized carbons (Fsp3) is 0.500. The summed E-state index contributed by atoms with van der Waals surface area (Å²) in [6.07, 6.45) is -4.76. The molecule has 22 heavy (non-hydrogen) atoms. The van der Waals surface area contributed by atoms with Crippen molar-refractivity contribution < 1.29 is 36.9 Å². The number of rotatable bonds is 2. The lowest BCUT2D eigenvalue weighted by Crippen LogP contribution is -2.46. The van der Waals surface area contributed by atoms with Gasteiger partial charge in [-0.3, -0.25) is 4.79 Å². The van der Waals surface area contributed by atoms with E-state index in [1.54, 1.807) is 0 Å². The second-order valence-electron chi connectivity index (χ2n) is 5.31. The molecular formula is C14H14F4O4. The molecule has 1 aromatic carbocycles. The molecular weight excluding hydrogens is 308 g/mol. The van der Waals surface area contributed by atoms with Crippen molar-refractivity contribution in [3.05, 3.63) is 23.5 Å². The zero-order chi connectivity index (χ0) is 16.9. The van der Waals surface area contributed by atoms with Crippen LogP contribution in [0.3, 0.4) is 0 Å². The number of phenolic OH excluding ortho intramolecular Hbond substituents is 1. The molecule has 1 saturated heterocycles. The van der Waals surface area contributed by atoms with Crippen LogP contribution in [0.1, 0.15) is 25.3 Å². The van der Waals surface area contributed by atoms with E-state index in [0.717, 1.165) is 26.2 Å². The van der Waals surface area contributed by atoms with Gasteiger partial charge < -0.3 is 14.6 Å². The Morgan fingerprint density at radius 1 is 1.36 bits per heavy atom. The minimum Gasteiger partial charge on any atom is -0.505 e. The number of cyclic esters (lactones) is 1. The van der Waals surface area contributed by atoms with Gasteiger partial charge in [-0.2, -0.15) is 17.6 Å². The molecule has 0 bridgehead atoms. The fourth-order valence-electron chi connectivity index (χ4n) is 2.61. The summed E-state index contributed by atoms with van der Waals surface area (Å²) in [6.45, 7) is 1.98. The quantitative estimate of drug-likeness (QED) is 0.671. The van der Waals surface area contributed by atoms with Gasteiger partial charge in [-0.25, -0.2) is 0 Å². The number of benzene rings is 1. The van der Waals surface area contributed by atoms with Crippen LogP contribution in [0.25, 0.3) is 0 Å². The van der Waals surface area contributed by atoms with Crippen molar-refractivity contribution in [1.82, 2.24) is 0 Å². The van der Waals surface area contributed by atoms with Crippen molar-refractivity contribution in [2.24, 2.45) is 5.92 Å². The lowest BCUT2D eigenvalue weighted by Gasteiger charge is -2.30. The molecule has 0 aliphatic carbocycles. The third-order valence-electron chi connectivity index (χ3n) is 4.14. The molecule has 1 N–H and O–H groups in total. The van der Waals surface area contributed by atoms with Gasteiger partial charge in [0.15, 0.2) is 11.5 Å². The van der Waals surface area contributed by atoms with E-state index in [1.807, 2.05) is 0 Å². The Morgan fingerprint density at radius 3 is 2.41 bits per heavy atom. The molecule has 122 valence electrons. The summed E-state index contributed by atoms with van der Waals surface area (Å²) in [4.78, 5) is 11.9. The minimum atomic E-state index is -4.76. The first-order valence-electron chi connectivity index (χ1n) is 6.39. The number of carbonyl (C=O) groups is 1. The van der Waals surface area contributed by atoms with Crippen molar-refractivity contribution in [2.45, 2.75) is 31.5 Å². The molecule has 1 fully saturated rings. The van der Waals surface area contributed by atoms with Gasteiger partial charge in [0.1, 0.15) is 0 Å². The Morgan fingerprint density at radius 2 is 1.95 bits per heavy atom. The average Bonchev–Trinajstić information content (AvgIpc) is 2.64. The Balaban J connectivity index is 2.55. The van der Waals surface area contributed by atoms with Gasteiger partial charge in [-0.1, -0.05) is 13.0 Å². The minimum absolute atomic E-state index is 0.0942. The van der Waals surface area contributed by atoms with E-state index in [0.29, 0.717) is 0 Å². The monoisotopic (exact) mass is 322 g/mol. The number of methoxy groups -OCH3 is 1. The Hall–Kier alpha value is -1.99. The van der Waals surface area contributed by atoms with E-state index in [2.05, 4.69) is 4.74 Å². The van der Waals surface area contributed by atoms with Crippen LogP contribution in [0.15, 0.2) is 12.1 Å². The normalized spacial score (nSPS) is 28.6. The van der Waals surface area contributed by atoms with Gasteiger partial charge in [0.2, 0.25) is 11.4 Å². The first kappa shape index (κ1) is 16.4. The lowest BCUT2D eigenvalue weighted by atomic mass is 9.79. The molecule has 0 saturated carbocycles. The Kier molecular flexibility index (Phi) is 3.75. The summed E-state index contributed by atoms with van der Waals surface area (Å²) in [5.74, 6) is -6.09. The third-order valence-corrected chi connectivity index (χ3v) is 4.14. The molecule has 0 radical (unpaired) electrons. The van der Waals surface area contributed by atoms with E-state index in [4.69, 9.17) is 4.74 Å². The molecule has 1 aliphatic rings. The molecule has 0 spiro atoms. The van der Waals surface area contributed by atoms with Crippen LogP contribution in [-0.2, 0) is 9.53 Å². The number of carbonyl (C=O) groups excluding carboxylic acids is 1. The number of esters is 1. The van der Waals surface area contributed by atoms with Crippen LogP contribution in [0.4, 0.5) is 17.6 Å². The number of phenols is 1. The van der Waals surface area contributed by atoms with Gasteiger partial charge in [0, 0.05) is 11.5 Å². The van der Waals surface area contributed by atoms with Crippen molar-refractivity contribution in [1.29, 1.82) is 0 Å². The Labute approximate surface area is 123 Å². The third kappa shape index (κ3) is 2.17. The van der Waals surface area contributed by atoms with Crippen LogP contribution in [0, 0.1) is 11.7 Å². The van der Waals surface area contributed by atoms with Crippen LogP contribution in [0.5, 0.6) is 11.5 Å². The zero-order valence-electron chi connectivity index (χ0n) is 12.0. The highest BCUT2D eigenvalue weighted by molar-refractivity contribution is 5.83. The summed E-state index contributed by atoms with van der Waals surface area (Å²) in [6, 6.07) is 2.11. The highest BCUT2D eigenvalue weighted by atomic mass is 19.4. The number of ether oxygens (including phenoxy) is 2. The highest BCUT2D eigenvalue weighted by Gasteiger charge is 2.65. The highest BCUT2D eigenvalue weighted by Crippen LogP contribution is 2.52. The van der Waals surface area contributed by atoms with Crippen LogP contribution in [0.2, 0.25) is 0 Å². The van der Waals surface area contributed by atoms with E-state index in [-0.39, 0.29) is 5.56 Å². The van der Waals surface area contributed by atoms with E-state index < -0.39 is 46.9 Å². The van der Waals surface area contributed by atoms with Crippen molar-refractivity contribution in [2.75, 3.05) is 7.11 Å². The summed E-state index contributed by atoms with van der Waals surface area (Å²) in [5, 5.41) is 9.31. The first-order valence-corrected chi connectivity index (χ1v) is 6.39.